The van der Waals surface area contributed by atoms with Crippen molar-refractivity contribution < 1.29 is 42.9 Å². The number of fused-ring (bicyclic) bond motifs is 1. The number of carbonyl (C=O) groups excluding carboxylic acids is 5. The zero-order valence-electron chi connectivity index (χ0n) is 25.6. The summed E-state index contributed by atoms with van der Waals surface area (Å²) in [6.45, 7) is 20.7. The van der Waals surface area contributed by atoms with Crippen LogP contribution in [0.1, 0.15) is 75.7 Å². The number of allylic oxidation sites excluding steroid dienone is 2. The van der Waals surface area contributed by atoms with E-state index in [9.17, 15) is 24.0 Å². The molecule has 2 aliphatic carbocycles. The van der Waals surface area contributed by atoms with Crippen LogP contribution in [0.2, 0.25) is 0 Å². The molecule has 40 heavy (non-hydrogen) atoms. The number of rotatable bonds is 6. The number of hydrogen-bond acceptors (Lipinski definition) is 9. The van der Waals surface area contributed by atoms with Crippen LogP contribution < -0.4 is 0 Å². The van der Waals surface area contributed by atoms with Gasteiger partial charge in [0.05, 0.1) is 6.61 Å². The van der Waals surface area contributed by atoms with E-state index in [-0.39, 0.29) is 29.8 Å². The minimum atomic E-state index is -1.34. The molecule has 0 spiro atoms. The third-order valence-electron chi connectivity index (χ3n) is 7.90. The largest absolute Gasteiger partial charge is 0.462 e. The SMILES string of the molecule is C=C1C(OC(C)=O)C(OCC(C)C)C(=O)C(C)(C)/C=C\C(C)C(=O)C2(C)CC(C)C(OC(C)=O)C2C1OC(C)=O. The summed E-state index contributed by atoms with van der Waals surface area (Å²) in [5.74, 6) is -4.14. The van der Waals surface area contributed by atoms with Gasteiger partial charge in [0.2, 0.25) is 0 Å². The summed E-state index contributed by atoms with van der Waals surface area (Å²) in [7, 11) is 0. The summed E-state index contributed by atoms with van der Waals surface area (Å²) in [4.78, 5) is 65.2. The third kappa shape index (κ3) is 7.28. The molecule has 8 atom stereocenters. The van der Waals surface area contributed by atoms with Gasteiger partial charge in [0.25, 0.3) is 0 Å². The molecule has 0 radical (unpaired) electrons. The predicted molar refractivity (Wildman–Crippen MR) is 148 cm³/mol. The lowest BCUT2D eigenvalue weighted by Crippen LogP contribution is -2.53. The fraction of sp³-hybridized carbons (Fsp3) is 0.710. The van der Waals surface area contributed by atoms with Gasteiger partial charge in [-0.15, -0.1) is 0 Å². The van der Waals surface area contributed by atoms with Crippen molar-refractivity contribution in [1.82, 2.24) is 0 Å². The molecular formula is C31H46O9. The second kappa shape index (κ2) is 12.8. The van der Waals surface area contributed by atoms with Crippen LogP contribution in [0.25, 0.3) is 0 Å². The molecule has 9 nitrogen and oxygen atoms in total. The van der Waals surface area contributed by atoms with Crippen molar-refractivity contribution in [3.05, 3.63) is 24.3 Å². The fourth-order valence-corrected chi connectivity index (χ4v) is 6.06. The number of ether oxygens (including phenoxy) is 4. The van der Waals surface area contributed by atoms with Crippen LogP contribution in [0.5, 0.6) is 0 Å². The molecule has 224 valence electrons. The van der Waals surface area contributed by atoms with Gasteiger partial charge in [-0.25, -0.2) is 0 Å². The van der Waals surface area contributed by atoms with Gasteiger partial charge in [0, 0.05) is 49.0 Å². The summed E-state index contributed by atoms with van der Waals surface area (Å²) in [5.41, 5.74) is -2.14. The van der Waals surface area contributed by atoms with E-state index in [4.69, 9.17) is 18.9 Å². The summed E-state index contributed by atoms with van der Waals surface area (Å²) >= 11 is 0. The van der Waals surface area contributed by atoms with Gasteiger partial charge < -0.3 is 18.9 Å². The highest BCUT2D eigenvalue weighted by atomic mass is 16.6. The van der Waals surface area contributed by atoms with Crippen LogP contribution in [0, 0.1) is 34.5 Å². The Bertz CT molecular complexity index is 1060. The van der Waals surface area contributed by atoms with E-state index >= 15 is 0 Å². The lowest BCUT2D eigenvalue weighted by atomic mass is 9.67. The highest BCUT2D eigenvalue weighted by Crippen LogP contribution is 2.53. The summed E-state index contributed by atoms with van der Waals surface area (Å²) < 4.78 is 23.4. The molecule has 9 heteroatoms. The van der Waals surface area contributed by atoms with Crippen molar-refractivity contribution in [2.24, 2.45) is 34.5 Å². The smallest absolute Gasteiger partial charge is 0.303 e. The second-order valence-corrected chi connectivity index (χ2v) is 12.6. The predicted octanol–water partition coefficient (Wildman–Crippen LogP) is 4.41. The van der Waals surface area contributed by atoms with Gasteiger partial charge in [-0.3, -0.25) is 24.0 Å². The van der Waals surface area contributed by atoms with Crippen molar-refractivity contribution in [1.29, 1.82) is 0 Å². The first-order valence-electron chi connectivity index (χ1n) is 13.9. The molecule has 0 aromatic carbocycles. The zero-order valence-corrected chi connectivity index (χ0v) is 25.6. The van der Waals surface area contributed by atoms with E-state index in [0.717, 1.165) is 0 Å². The highest BCUT2D eigenvalue weighted by Gasteiger charge is 2.61. The third-order valence-corrected chi connectivity index (χ3v) is 7.90. The van der Waals surface area contributed by atoms with Crippen LogP contribution in [-0.4, -0.2) is 60.5 Å². The van der Waals surface area contributed by atoms with E-state index in [1.165, 1.54) is 20.8 Å². The molecule has 2 rings (SSSR count). The standard InChI is InChI=1S/C31H46O9/c1-16(2)15-37-27-26(40-22(8)34)19(5)25(39-21(7)33)23-24(38-20(6)32)18(4)14-31(23,11)28(35)17(3)12-13-30(9,10)29(27)36/h12-13,16-18,23-27H,5,14-15H2,1-4,6-11H3/b13-12-. The maximum absolute atomic E-state index is 14.1. The van der Waals surface area contributed by atoms with E-state index < -0.39 is 70.8 Å². The first kappa shape index (κ1) is 33.4. The topological polar surface area (TPSA) is 122 Å². The van der Waals surface area contributed by atoms with Gasteiger partial charge in [-0.1, -0.05) is 53.3 Å². The molecule has 0 heterocycles. The number of carbonyl (C=O) groups is 5. The molecule has 2 aliphatic rings. The lowest BCUT2D eigenvalue weighted by molar-refractivity contribution is -0.168. The Morgan fingerprint density at radius 1 is 0.900 bits per heavy atom. The molecule has 1 fully saturated rings. The molecular weight excluding hydrogens is 516 g/mol. The van der Waals surface area contributed by atoms with Gasteiger partial charge >= 0.3 is 17.9 Å². The molecule has 0 amide bonds. The molecule has 0 aromatic rings. The Balaban J connectivity index is 2.92. The number of Topliss-reactive ketones (excluding diaryl/α,β-unsaturated/α-hetero) is 2. The van der Waals surface area contributed by atoms with E-state index in [1.807, 2.05) is 20.8 Å². The van der Waals surface area contributed by atoms with Crippen LogP contribution in [0.3, 0.4) is 0 Å². The Morgan fingerprint density at radius 3 is 1.93 bits per heavy atom. The lowest BCUT2D eigenvalue weighted by Gasteiger charge is -2.42. The van der Waals surface area contributed by atoms with Gasteiger partial charge in [-0.2, -0.15) is 0 Å². The van der Waals surface area contributed by atoms with Crippen molar-refractivity contribution >= 4 is 29.5 Å². The molecule has 0 aliphatic heterocycles. The Labute approximate surface area is 238 Å². The van der Waals surface area contributed by atoms with Crippen molar-refractivity contribution in [3.63, 3.8) is 0 Å². The Hall–Kier alpha value is -2.81. The molecule has 0 N–H and O–H groups in total. The minimum absolute atomic E-state index is 0.0494. The van der Waals surface area contributed by atoms with Crippen molar-refractivity contribution in [3.8, 4) is 0 Å². The van der Waals surface area contributed by atoms with Crippen LogP contribution in [0.15, 0.2) is 24.3 Å². The normalized spacial score (nSPS) is 35.3. The molecule has 8 unspecified atom stereocenters. The average Bonchev–Trinajstić information content (AvgIpc) is 3.07. The molecule has 0 aromatic heterocycles. The first-order valence-corrected chi connectivity index (χ1v) is 13.9. The van der Waals surface area contributed by atoms with Crippen LogP contribution >= 0.6 is 0 Å². The van der Waals surface area contributed by atoms with Crippen LogP contribution in [-0.2, 0) is 42.9 Å². The zero-order chi connectivity index (χ0) is 30.7. The second-order valence-electron chi connectivity index (χ2n) is 12.6. The van der Waals surface area contributed by atoms with Crippen LogP contribution in [0.4, 0.5) is 0 Å². The first-order chi connectivity index (χ1) is 18.3. The van der Waals surface area contributed by atoms with Gasteiger partial charge in [0.15, 0.2) is 18.0 Å². The van der Waals surface area contributed by atoms with Crippen molar-refractivity contribution in [2.75, 3.05) is 6.61 Å². The fourth-order valence-electron chi connectivity index (χ4n) is 6.06. The van der Waals surface area contributed by atoms with Gasteiger partial charge in [-0.05, 0) is 32.1 Å². The monoisotopic (exact) mass is 562 g/mol. The molecule has 0 saturated heterocycles. The van der Waals surface area contributed by atoms with E-state index in [1.54, 1.807) is 39.8 Å². The quantitative estimate of drug-likeness (QED) is 0.263. The maximum atomic E-state index is 14.1. The van der Waals surface area contributed by atoms with Gasteiger partial charge in [0.1, 0.15) is 18.0 Å². The highest BCUT2D eigenvalue weighted by molar-refractivity contribution is 5.92. The number of hydrogen-bond donors (Lipinski definition) is 0. The number of esters is 3. The average molecular weight is 563 g/mol. The summed E-state index contributed by atoms with van der Waals surface area (Å²) in [5, 5.41) is 0. The van der Waals surface area contributed by atoms with E-state index in [0.29, 0.717) is 6.42 Å². The van der Waals surface area contributed by atoms with Crippen molar-refractivity contribution in [2.45, 2.75) is 100 Å². The maximum Gasteiger partial charge on any atom is 0.303 e. The molecule has 0 bridgehead atoms. The summed E-state index contributed by atoms with van der Waals surface area (Å²) in [6, 6.07) is 0. The molecule has 1 saturated carbocycles. The Kier molecular flexibility index (Phi) is 10.7. The minimum Gasteiger partial charge on any atom is -0.462 e. The summed E-state index contributed by atoms with van der Waals surface area (Å²) in [6.07, 6.45) is -0.934. The Morgan fingerprint density at radius 2 is 1.43 bits per heavy atom. The number of ketones is 2. The van der Waals surface area contributed by atoms with E-state index in [2.05, 4.69) is 6.58 Å².